The van der Waals surface area contributed by atoms with Crippen LogP contribution in [0, 0.1) is 0 Å². The van der Waals surface area contributed by atoms with Gasteiger partial charge in [-0.15, -0.1) is 0 Å². The number of hydrogen-bond donors (Lipinski definition) is 2. The van der Waals surface area contributed by atoms with E-state index >= 15 is 0 Å². The van der Waals surface area contributed by atoms with Crippen molar-refractivity contribution in [2.24, 2.45) is 0 Å². The molecular formula is C24H36N6O. The van der Waals surface area contributed by atoms with Crippen LogP contribution in [0.3, 0.4) is 0 Å². The van der Waals surface area contributed by atoms with Crippen molar-refractivity contribution < 1.29 is 4.74 Å². The van der Waals surface area contributed by atoms with E-state index < -0.39 is 0 Å². The van der Waals surface area contributed by atoms with E-state index in [0.29, 0.717) is 12.0 Å². The van der Waals surface area contributed by atoms with E-state index in [1.54, 1.807) is 0 Å². The lowest BCUT2D eigenvalue weighted by Crippen LogP contribution is -2.35. The van der Waals surface area contributed by atoms with E-state index in [1.165, 1.54) is 37.7 Å². The highest BCUT2D eigenvalue weighted by Crippen LogP contribution is 2.31. The molecule has 1 aliphatic carbocycles. The molecule has 0 unspecified atom stereocenters. The molecule has 0 spiro atoms. The SMILES string of the molecule is CCCCNc1ncc(-c2ncccc2CN2CCOCC2)c(NC2CCCCC2)n1. The number of nitrogens with zero attached hydrogens (tertiary/aromatic N) is 4. The van der Waals surface area contributed by atoms with Crippen LogP contribution >= 0.6 is 0 Å². The van der Waals surface area contributed by atoms with Gasteiger partial charge in [0.15, 0.2) is 0 Å². The molecule has 4 rings (SSSR count). The van der Waals surface area contributed by atoms with Crippen LogP contribution in [0.4, 0.5) is 11.8 Å². The van der Waals surface area contributed by atoms with Crippen LogP contribution in [0.1, 0.15) is 57.4 Å². The number of ether oxygens (including phenoxy) is 1. The molecule has 1 saturated heterocycles. The van der Waals surface area contributed by atoms with Crippen molar-refractivity contribution in [3.05, 3.63) is 30.1 Å². The number of aromatic nitrogens is 3. The van der Waals surface area contributed by atoms with E-state index in [0.717, 1.165) is 69.3 Å². The summed E-state index contributed by atoms with van der Waals surface area (Å²) in [6, 6.07) is 4.67. The Labute approximate surface area is 186 Å². The van der Waals surface area contributed by atoms with Gasteiger partial charge in [-0.3, -0.25) is 9.88 Å². The number of pyridine rings is 1. The zero-order valence-electron chi connectivity index (χ0n) is 18.8. The third-order valence-electron chi connectivity index (χ3n) is 6.19. The Kier molecular flexibility index (Phi) is 8.07. The maximum absolute atomic E-state index is 5.52. The number of unbranched alkanes of at least 4 members (excludes halogenated alkanes) is 1. The highest BCUT2D eigenvalue weighted by Gasteiger charge is 2.20. The molecule has 7 heteroatoms. The molecule has 1 saturated carbocycles. The lowest BCUT2D eigenvalue weighted by molar-refractivity contribution is 0.0342. The Bertz CT molecular complexity index is 817. The Morgan fingerprint density at radius 1 is 1.13 bits per heavy atom. The molecule has 168 valence electrons. The molecule has 0 amide bonds. The average molecular weight is 425 g/mol. The Morgan fingerprint density at radius 2 is 1.97 bits per heavy atom. The predicted octanol–water partition coefficient (Wildman–Crippen LogP) is 4.33. The van der Waals surface area contributed by atoms with Crippen molar-refractivity contribution in [2.45, 2.75) is 64.5 Å². The largest absolute Gasteiger partial charge is 0.379 e. The van der Waals surface area contributed by atoms with Crippen LogP contribution in [0.5, 0.6) is 0 Å². The summed E-state index contributed by atoms with van der Waals surface area (Å²) in [5, 5.41) is 7.12. The minimum Gasteiger partial charge on any atom is -0.379 e. The normalized spacial score (nSPS) is 18.1. The molecular weight excluding hydrogens is 388 g/mol. The monoisotopic (exact) mass is 424 g/mol. The molecule has 0 atom stereocenters. The first kappa shape index (κ1) is 22.0. The summed E-state index contributed by atoms with van der Waals surface area (Å²) in [6.07, 6.45) is 12.4. The zero-order valence-corrected chi connectivity index (χ0v) is 18.8. The van der Waals surface area contributed by atoms with E-state index in [9.17, 15) is 0 Å². The van der Waals surface area contributed by atoms with Crippen LogP contribution in [0.15, 0.2) is 24.5 Å². The minimum absolute atomic E-state index is 0.470. The predicted molar refractivity (Wildman–Crippen MR) is 125 cm³/mol. The summed E-state index contributed by atoms with van der Waals surface area (Å²) < 4.78 is 5.52. The van der Waals surface area contributed by atoms with Crippen molar-refractivity contribution in [1.82, 2.24) is 19.9 Å². The standard InChI is InChI=1S/C24H36N6O/c1-2-3-11-26-24-27-17-21(23(29-24)28-20-9-5-4-6-10-20)22-19(8-7-12-25-22)18-30-13-15-31-16-14-30/h7-8,12,17,20H,2-6,9-11,13-16,18H2,1H3,(H2,26,27,28,29). The minimum atomic E-state index is 0.470. The summed E-state index contributed by atoms with van der Waals surface area (Å²) in [6.45, 7) is 7.46. The summed E-state index contributed by atoms with van der Waals surface area (Å²) in [5.41, 5.74) is 3.19. The smallest absolute Gasteiger partial charge is 0.224 e. The van der Waals surface area contributed by atoms with Gasteiger partial charge in [0.05, 0.1) is 24.5 Å². The van der Waals surface area contributed by atoms with Crippen molar-refractivity contribution in [2.75, 3.05) is 43.5 Å². The van der Waals surface area contributed by atoms with Gasteiger partial charge in [0, 0.05) is 44.6 Å². The second-order valence-electron chi connectivity index (χ2n) is 8.62. The fourth-order valence-electron chi connectivity index (χ4n) is 4.38. The molecule has 2 aliphatic rings. The van der Waals surface area contributed by atoms with Crippen LogP contribution < -0.4 is 10.6 Å². The zero-order chi connectivity index (χ0) is 21.3. The molecule has 2 fully saturated rings. The Balaban J connectivity index is 1.61. The van der Waals surface area contributed by atoms with E-state index in [2.05, 4.69) is 33.5 Å². The maximum Gasteiger partial charge on any atom is 0.224 e. The Hall–Kier alpha value is -2.25. The first-order chi connectivity index (χ1) is 15.3. The fraction of sp³-hybridized carbons (Fsp3) is 0.625. The molecule has 0 aromatic carbocycles. The summed E-state index contributed by atoms with van der Waals surface area (Å²) in [7, 11) is 0. The van der Waals surface area contributed by atoms with Crippen molar-refractivity contribution in [3.63, 3.8) is 0 Å². The van der Waals surface area contributed by atoms with Gasteiger partial charge in [-0.1, -0.05) is 38.7 Å². The van der Waals surface area contributed by atoms with Gasteiger partial charge >= 0.3 is 0 Å². The van der Waals surface area contributed by atoms with Gasteiger partial charge in [-0.25, -0.2) is 4.98 Å². The van der Waals surface area contributed by atoms with Crippen LogP contribution in [-0.2, 0) is 11.3 Å². The van der Waals surface area contributed by atoms with Gasteiger partial charge < -0.3 is 15.4 Å². The third kappa shape index (κ3) is 6.14. The second-order valence-corrected chi connectivity index (χ2v) is 8.62. The fourth-order valence-corrected chi connectivity index (χ4v) is 4.38. The molecule has 0 radical (unpaired) electrons. The molecule has 2 aromatic rings. The molecule has 3 heterocycles. The van der Waals surface area contributed by atoms with Gasteiger partial charge in [-0.05, 0) is 30.9 Å². The summed E-state index contributed by atoms with van der Waals surface area (Å²) >= 11 is 0. The molecule has 2 aromatic heterocycles. The molecule has 0 bridgehead atoms. The van der Waals surface area contributed by atoms with Crippen LogP contribution in [-0.4, -0.2) is 58.7 Å². The molecule has 1 aliphatic heterocycles. The van der Waals surface area contributed by atoms with Crippen LogP contribution in [0.2, 0.25) is 0 Å². The number of rotatable bonds is 9. The highest BCUT2D eigenvalue weighted by atomic mass is 16.5. The number of morpholine rings is 1. The lowest BCUT2D eigenvalue weighted by atomic mass is 9.95. The van der Waals surface area contributed by atoms with Gasteiger partial charge in [-0.2, -0.15) is 4.98 Å². The van der Waals surface area contributed by atoms with Gasteiger partial charge in [0.1, 0.15) is 5.82 Å². The number of anilines is 2. The van der Waals surface area contributed by atoms with Crippen LogP contribution in [0.25, 0.3) is 11.3 Å². The van der Waals surface area contributed by atoms with Crippen molar-refractivity contribution in [3.8, 4) is 11.3 Å². The molecule has 7 nitrogen and oxygen atoms in total. The maximum atomic E-state index is 5.52. The average Bonchev–Trinajstić information content (AvgIpc) is 2.81. The topological polar surface area (TPSA) is 75.2 Å². The van der Waals surface area contributed by atoms with E-state index in [4.69, 9.17) is 14.7 Å². The van der Waals surface area contributed by atoms with E-state index in [1.807, 2.05) is 18.5 Å². The Morgan fingerprint density at radius 3 is 2.77 bits per heavy atom. The molecule has 2 N–H and O–H groups in total. The van der Waals surface area contributed by atoms with E-state index in [-0.39, 0.29) is 0 Å². The lowest BCUT2D eigenvalue weighted by Gasteiger charge is -2.28. The quantitative estimate of drug-likeness (QED) is 0.580. The molecule has 31 heavy (non-hydrogen) atoms. The second kappa shape index (κ2) is 11.4. The highest BCUT2D eigenvalue weighted by molar-refractivity contribution is 5.75. The summed E-state index contributed by atoms with van der Waals surface area (Å²) in [5.74, 6) is 1.60. The first-order valence-corrected chi connectivity index (χ1v) is 12.0. The van der Waals surface area contributed by atoms with Crippen molar-refractivity contribution in [1.29, 1.82) is 0 Å². The summed E-state index contributed by atoms with van der Waals surface area (Å²) in [4.78, 5) is 16.7. The van der Waals surface area contributed by atoms with Gasteiger partial charge in [0.25, 0.3) is 0 Å². The van der Waals surface area contributed by atoms with Crippen molar-refractivity contribution >= 4 is 11.8 Å². The first-order valence-electron chi connectivity index (χ1n) is 12.0. The third-order valence-corrected chi connectivity index (χ3v) is 6.19. The number of hydrogen-bond acceptors (Lipinski definition) is 7. The number of nitrogens with one attached hydrogen (secondary N) is 2. The van der Waals surface area contributed by atoms with Gasteiger partial charge in [0.2, 0.25) is 5.95 Å².